The summed E-state index contributed by atoms with van der Waals surface area (Å²) in [6.45, 7) is 2.71. The zero-order chi connectivity index (χ0) is 13.2. The average Bonchev–Trinajstić information content (AvgIpc) is 2.27. The number of ketones is 1. The van der Waals surface area contributed by atoms with Crippen molar-refractivity contribution in [3.63, 3.8) is 0 Å². The van der Waals surface area contributed by atoms with E-state index in [0.717, 1.165) is 6.07 Å². The Morgan fingerprint density at radius 3 is 2.35 bits per heavy atom. The fourth-order valence-electron chi connectivity index (χ4n) is 1.41. The van der Waals surface area contributed by atoms with Crippen LogP contribution in [-0.4, -0.2) is 23.8 Å². The van der Waals surface area contributed by atoms with Crippen LogP contribution in [0.3, 0.4) is 0 Å². The van der Waals surface area contributed by atoms with Gasteiger partial charge in [-0.3, -0.25) is 14.9 Å². The Labute approximate surface area is 97.3 Å². The zero-order valence-corrected chi connectivity index (χ0v) is 9.64. The molecule has 0 radical (unpaired) electrons. The summed E-state index contributed by atoms with van der Waals surface area (Å²) in [5.41, 5.74) is 0.0690. The fourth-order valence-corrected chi connectivity index (χ4v) is 1.41. The Morgan fingerprint density at radius 1 is 1.35 bits per heavy atom. The quantitative estimate of drug-likeness (QED) is 0.347. The Kier molecular flexibility index (Phi) is 3.57. The SMILES string of the molecule is COC(=O)c1cc(C(C)=O)cc([N+](=O)[O-])c1C. The molecule has 17 heavy (non-hydrogen) atoms. The predicted octanol–water partition coefficient (Wildman–Crippen LogP) is 1.89. The van der Waals surface area contributed by atoms with Gasteiger partial charge in [0.1, 0.15) is 0 Å². The number of methoxy groups -OCH3 is 1. The zero-order valence-electron chi connectivity index (χ0n) is 9.64. The monoisotopic (exact) mass is 237 g/mol. The van der Waals surface area contributed by atoms with E-state index in [1.807, 2.05) is 0 Å². The number of Topliss-reactive ketones (excluding diaryl/α,β-unsaturated/α-hetero) is 1. The van der Waals surface area contributed by atoms with Crippen molar-refractivity contribution in [3.8, 4) is 0 Å². The number of carbonyl (C=O) groups excluding carboxylic acids is 2. The van der Waals surface area contributed by atoms with Crippen LogP contribution in [0.1, 0.15) is 33.2 Å². The number of rotatable bonds is 3. The third kappa shape index (κ3) is 2.47. The third-order valence-electron chi connectivity index (χ3n) is 2.39. The minimum Gasteiger partial charge on any atom is -0.465 e. The molecule has 0 atom stereocenters. The number of hydrogen-bond donors (Lipinski definition) is 0. The lowest BCUT2D eigenvalue weighted by atomic mass is 10.0. The number of nitro benzene ring substituents is 1. The molecule has 6 nitrogen and oxygen atoms in total. The first-order valence-corrected chi connectivity index (χ1v) is 4.76. The Morgan fingerprint density at radius 2 is 1.94 bits per heavy atom. The summed E-state index contributed by atoms with van der Waals surface area (Å²) in [7, 11) is 1.17. The van der Waals surface area contributed by atoms with E-state index in [9.17, 15) is 19.7 Å². The maximum Gasteiger partial charge on any atom is 0.338 e. The van der Waals surface area contributed by atoms with Gasteiger partial charge in [0.05, 0.1) is 17.6 Å². The molecule has 0 N–H and O–H groups in total. The molecular formula is C11H11NO5. The first kappa shape index (κ1) is 12.8. The number of nitrogens with zero attached hydrogens (tertiary/aromatic N) is 1. The first-order chi connectivity index (χ1) is 7.88. The molecule has 0 saturated carbocycles. The van der Waals surface area contributed by atoms with Gasteiger partial charge in [-0.25, -0.2) is 4.79 Å². The van der Waals surface area contributed by atoms with Crippen LogP contribution in [0, 0.1) is 17.0 Å². The van der Waals surface area contributed by atoms with Crippen molar-refractivity contribution < 1.29 is 19.2 Å². The molecule has 0 amide bonds. The molecule has 90 valence electrons. The number of ether oxygens (including phenoxy) is 1. The summed E-state index contributed by atoms with van der Waals surface area (Å²) in [4.78, 5) is 32.8. The Hall–Kier alpha value is -2.24. The molecule has 0 saturated heterocycles. The summed E-state index contributed by atoms with van der Waals surface area (Å²) < 4.78 is 4.51. The van der Waals surface area contributed by atoms with Gasteiger partial charge in [0.2, 0.25) is 0 Å². The van der Waals surface area contributed by atoms with Crippen LogP contribution in [-0.2, 0) is 4.74 Å². The number of esters is 1. The van der Waals surface area contributed by atoms with Gasteiger partial charge in [0, 0.05) is 17.2 Å². The largest absolute Gasteiger partial charge is 0.465 e. The van der Waals surface area contributed by atoms with Crippen molar-refractivity contribution >= 4 is 17.4 Å². The van der Waals surface area contributed by atoms with Crippen molar-refractivity contribution in [1.29, 1.82) is 0 Å². The van der Waals surface area contributed by atoms with E-state index in [4.69, 9.17) is 0 Å². The minimum atomic E-state index is -0.700. The Balaban J connectivity index is 3.54. The molecule has 1 rings (SSSR count). The van der Waals surface area contributed by atoms with Gasteiger partial charge in [-0.1, -0.05) is 0 Å². The minimum absolute atomic E-state index is 0.0342. The van der Waals surface area contributed by atoms with Gasteiger partial charge >= 0.3 is 5.97 Å². The number of benzene rings is 1. The highest BCUT2D eigenvalue weighted by Gasteiger charge is 2.21. The summed E-state index contributed by atoms with van der Waals surface area (Å²) >= 11 is 0. The van der Waals surface area contributed by atoms with Crippen molar-refractivity contribution in [3.05, 3.63) is 38.9 Å². The molecule has 6 heteroatoms. The van der Waals surface area contributed by atoms with E-state index in [-0.39, 0.29) is 28.2 Å². The number of nitro groups is 1. The van der Waals surface area contributed by atoms with Crippen molar-refractivity contribution in [1.82, 2.24) is 0 Å². The molecular weight excluding hydrogens is 226 g/mol. The summed E-state index contributed by atoms with van der Waals surface area (Å²) in [5, 5.41) is 10.8. The third-order valence-corrected chi connectivity index (χ3v) is 2.39. The lowest BCUT2D eigenvalue weighted by molar-refractivity contribution is -0.385. The molecule has 1 aromatic carbocycles. The predicted molar refractivity (Wildman–Crippen MR) is 59.2 cm³/mol. The topological polar surface area (TPSA) is 86.5 Å². The second kappa shape index (κ2) is 4.73. The second-order valence-electron chi connectivity index (χ2n) is 3.47. The van der Waals surface area contributed by atoms with Gasteiger partial charge in [-0.05, 0) is 19.9 Å². The maximum absolute atomic E-state index is 11.4. The van der Waals surface area contributed by atoms with Gasteiger partial charge in [-0.2, -0.15) is 0 Å². The molecule has 0 aromatic heterocycles. The van der Waals surface area contributed by atoms with Crippen LogP contribution in [0.5, 0.6) is 0 Å². The molecule has 1 aromatic rings. The van der Waals surface area contributed by atoms with Crippen molar-refractivity contribution in [2.45, 2.75) is 13.8 Å². The molecule has 0 spiro atoms. The number of hydrogen-bond acceptors (Lipinski definition) is 5. The van der Waals surface area contributed by atoms with E-state index in [1.54, 1.807) is 0 Å². The smallest absolute Gasteiger partial charge is 0.338 e. The lowest BCUT2D eigenvalue weighted by Crippen LogP contribution is -2.08. The van der Waals surface area contributed by atoms with Gasteiger partial charge in [0.15, 0.2) is 5.78 Å². The van der Waals surface area contributed by atoms with Crippen LogP contribution in [0.25, 0.3) is 0 Å². The van der Waals surface area contributed by atoms with E-state index in [0.29, 0.717) is 0 Å². The lowest BCUT2D eigenvalue weighted by Gasteiger charge is -2.06. The van der Waals surface area contributed by atoms with E-state index < -0.39 is 10.9 Å². The molecule has 0 fully saturated rings. The van der Waals surface area contributed by atoms with E-state index in [2.05, 4.69) is 4.74 Å². The van der Waals surface area contributed by atoms with Gasteiger partial charge < -0.3 is 4.74 Å². The fraction of sp³-hybridized carbons (Fsp3) is 0.273. The summed E-state index contributed by atoms with van der Waals surface area (Å²) in [6.07, 6.45) is 0. The van der Waals surface area contributed by atoms with Crippen LogP contribution in [0.4, 0.5) is 5.69 Å². The van der Waals surface area contributed by atoms with E-state index >= 15 is 0 Å². The van der Waals surface area contributed by atoms with Crippen molar-refractivity contribution in [2.24, 2.45) is 0 Å². The maximum atomic E-state index is 11.4. The average molecular weight is 237 g/mol. The Bertz CT molecular complexity index is 507. The highest BCUT2D eigenvalue weighted by Crippen LogP contribution is 2.24. The van der Waals surface area contributed by atoms with Crippen LogP contribution < -0.4 is 0 Å². The molecule has 0 aliphatic rings. The second-order valence-corrected chi connectivity index (χ2v) is 3.47. The van der Waals surface area contributed by atoms with Gasteiger partial charge in [-0.15, -0.1) is 0 Å². The summed E-state index contributed by atoms with van der Waals surface area (Å²) in [6, 6.07) is 2.46. The standard InChI is InChI=1S/C11H11NO5/c1-6-9(11(14)17-3)4-8(7(2)13)5-10(6)12(15)16/h4-5H,1-3H3. The molecule has 0 unspecified atom stereocenters. The van der Waals surface area contributed by atoms with Crippen LogP contribution in [0.2, 0.25) is 0 Å². The van der Waals surface area contributed by atoms with Crippen molar-refractivity contribution in [2.75, 3.05) is 7.11 Å². The highest BCUT2D eigenvalue weighted by molar-refractivity contribution is 5.99. The molecule has 0 bridgehead atoms. The highest BCUT2D eigenvalue weighted by atomic mass is 16.6. The van der Waals surface area contributed by atoms with Gasteiger partial charge in [0.25, 0.3) is 5.69 Å². The first-order valence-electron chi connectivity index (χ1n) is 4.76. The summed E-state index contributed by atoms with van der Waals surface area (Å²) in [5.74, 6) is -1.05. The van der Waals surface area contributed by atoms with Crippen LogP contribution >= 0.6 is 0 Å². The van der Waals surface area contributed by atoms with E-state index in [1.165, 1.54) is 27.0 Å². The molecule has 0 aliphatic heterocycles. The number of carbonyl (C=O) groups is 2. The molecule has 0 aliphatic carbocycles. The molecule has 0 heterocycles. The van der Waals surface area contributed by atoms with Crippen LogP contribution in [0.15, 0.2) is 12.1 Å². The normalized spacial score (nSPS) is 9.82.